The maximum absolute atomic E-state index is 12.6. The Balaban J connectivity index is 2.47. The molecular formula is C16H20N2O2S. The van der Waals surface area contributed by atoms with E-state index in [4.69, 9.17) is 5.73 Å². The Hall–Kier alpha value is -2.01. The smallest absolute Gasteiger partial charge is 0.262 e. The van der Waals surface area contributed by atoms with Crippen molar-refractivity contribution in [1.29, 1.82) is 0 Å². The summed E-state index contributed by atoms with van der Waals surface area (Å²) in [7, 11) is -3.61. The zero-order valence-electron chi connectivity index (χ0n) is 12.7. The van der Waals surface area contributed by atoms with Crippen LogP contribution in [0.1, 0.15) is 22.3 Å². The Morgan fingerprint density at radius 2 is 1.57 bits per heavy atom. The molecule has 0 heterocycles. The molecule has 4 nitrogen and oxygen atoms in total. The summed E-state index contributed by atoms with van der Waals surface area (Å²) in [5.41, 5.74) is 10.3. The van der Waals surface area contributed by atoms with Crippen molar-refractivity contribution in [2.75, 3.05) is 10.5 Å². The van der Waals surface area contributed by atoms with Gasteiger partial charge in [0.1, 0.15) is 0 Å². The lowest BCUT2D eigenvalue weighted by molar-refractivity contribution is 0.600. The minimum absolute atomic E-state index is 0.302. The van der Waals surface area contributed by atoms with Crippen LogP contribution in [-0.2, 0) is 10.0 Å². The third-order valence-electron chi connectivity index (χ3n) is 3.49. The van der Waals surface area contributed by atoms with Gasteiger partial charge in [0.2, 0.25) is 0 Å². The molecular weight excluding hydrogens is 284 g/mol. The maximum Gasteiger partial charge on any atom is 0.262 e. The predicted octanol–water partition coefficient (Wildman–Crippen LogP) is 3.30. The van der Waals surface area contributed by atoms with Gasteiger partial charge in [0.25, 0.3) is 10.0 Å². The molecule has 0 spiro atoms. The van der Waals surface area contributed by atoms with Crippen LogP contribution in [-0.4, -0.2) is 8.42 Å². The van der Waals surface area contributed by atoms with Gasteiger partial charge in [0, 0.05) is 5.69 Å². The molecule has 2 aromatic carbocycles. The van der Waals surface area contributed by atoms with Crippen molar-refractivity contribution in [3.63, 3.8) is 0 Å². The molecule has 5 heteroatoms. The van der Waals surface area contributed by atoms with Gasteiger partial charge >= 0.3 is 0 Å². The molecule has 0 saturated heterocycles. The fourth-order valence-electron chi connectivity index (χ4n) is 2.15. The lowest BCUT2D eigenvalue weighted by atomic mass is 10.1. The number of hydrogen-bond donors (Lipinski definition) is 2. The van der Waals surface area contributed by atoms with Crippen LogP contribution in [0, 0.1) is 27.7 Å². The van der Waals surface area contributed by atoms with Crippen molar-refractivity contribution in [3.05, 3.63) is 52.6 Å². The first-order valence-electron chi connectivity index (χ1n) is 6.67. The number of nitrogens with two attached hydrogens (primary N) is 1. The molecule has 0 unspecified atom stereocenters. The number of nitrogen functional groups attached to an aromatic ring is 1. The van der Waals surface area contributed by atoms with Gasteiger partial charge in [-0.15, -0.1) is 0 Å². The number of aryl methyl sites for hydroxylation is 4. The lowest BCUT2D eigenvalue weighted by Crippen LogP contribution is -2.15. The highest BCUT2D eigenvalue weighted by Crippen LogP contribution is 2.26. The van der Waals surface area contributed by atoms with E-state index in [0.717, 1.165) is 22.3 Å². The van der Waals surface area contributed by atoms with E-state index < -0.39 is 10.0 Å². The van der Waals surface area contributed by atoms with Crippen molar-refractivity contribution in [2.45, 2.75) is 32.6 Å². The molecule has 2 aromatic rings. The van der Waals surface area contributed by atoms with E-state index in [1.165, 1.54) is 0 Å². The van der Waals surface area contributed by atoms with Crippen molar-refractivity contribution in [2.24, 2.45) is 0 Å². The molecule has 0 atom stereocenters. The van der Waals surface area contributed by atoms with Crippen LogP contribution in [0.2, 0.25) is 0 Å². The van der Waals surface area contributed by atoms with E-state index in [-0.39, 0.29) is 0 Å². The molecule has 3 N–H and O–H groups in total. The normalized spacial score (nSPS) is 11.4. The second-order valence-corrected chi connectivity index (χ2v) is 7.05. The standard InChI is InChI=1S/C16H20N2O2S/c1-10-5-6-11(2)16(7-10)21(19,20)18-15-9-12(3)14(17)8-13(15)4/h5-9,18H,17H2,1-4H3. The van der Waals surface area contributed by atoms with Crippen molar-refractivity contribution < 1.29 is 8.42 Å². The Bertz CT molecular complexity index is 796. The minimum Gasteiger partial charge on any atom is -0.399 e. The van der Waals surface area contributed by atoms with Crippen LogP contribution >= 0.6 is 0 Å². The summed E-state index contributed by atoms with van der Waals surface area (Å²) < 4.78 is 27.8. The zero-order valence-corrected chi connectivity index (χ0v) is 13.5. The molecule has 0 bridgehead atoms. The second-order valence-electron chi connectivity index (χ2n) is 5.40. The Kier molecular flexibility index (Phi) is 3.96. The van der Waals surface area contributed by atoms with E-state index in [9.17, 15) is 8.42 Å². The molecule has 0 fully saturated rings. The van der Waals surface area contributed by atoms with Gasteiger partial charge in [-0.3, -0.25) is 4.72 Å². The van der Waals surface area contributed by atoms with Crippen molar-refractivity contribution >= 4 is 21.4 Å². The average molecular weight is 304 g/mol. The highest BCUT2D eigenvalue weighted by atomic mass is 32.2. The molecule has 0 saturated carbocycles. The van der Waals surface area contributed by atoms with E-state index in [1.807, 2.05) is 32.9 Å². The summed E-state index contributed by atoms with van der Waals surface area (Å²) in [6, 6.07) is 8.92. The topological polar surface area (TPSA) is 72.2 Å². The molecule has 112 valence electrons. The summed E-state index contributed by atoms with van der Waals surface area (Å²) in [5, 5.41) is 0. The van der Waals surface area contributed by atoms with Gasteiger partial charge in [0.15, 0.2) is 0 Å². The number of rotatable bonds is 3. The van der Waals surface area contributed by atoms with Crippen molar-refractivity contribution in [1.82, 2.24) is 0 Å². The molecule has 0 aliphatic rings. The van der Waals surface area contributed by atoms with Crippen LogP contribution in [0.25, 0.3) is 0 Å². The third kappa shape index (κ3) is 3.19. The molecule has 0 aromatic heterocycles. The quantitative estimate of drug-likeness (QED) is 0.855. The van der Waals surface area contributed by atoms with E-state index >= 15 is 0 Å². The molecule has 21 heavy (non-hydrogen) atoms. The van der Waals surface area contributed by atoms with Crippen LogP contribution in [0.3, 0.4) is 0 Å². The van der Waals surface area contributed by atoms with Crippen LogP contribution in [0.5, 0.6) is 0 Å². The maximum atomic E-state index is 12.6. The monoisotopic (exact) mass is 304 g/mol. The summed E-state index contributed by atoms with van der Waals surface area (Å²) >= 11 is 0. The highest BCUT2D eigenvalue weighted by molar-refractivity contribution is 7.92. The number of nitrogens with one attached hydrogen (secondary N) is 1. The van der Waals surface area contributed by atoms with Gasteiger partial charge in [-0.25, -0.2) is 8.42 Å². The Morgan fingerprint density at radius 3 is 2.24 bits per heavy atom. The zero-order chi connectivity index (χ0) is 15.8. The summed E-state index contributed by atoms with van der Waals surface area (Å²) in [6.07, 6.45) is 0. The number of hydrogen-bond acceptors (Lipinski definition) is 3. The van der Waals surface area contributed by atoms with Gasteiger partial charge in [-0.1, -0.05) is 12.1 Å². The first-order chi connectivity index (χ1) is 9.70. The summed E-state index contributed by atoms with van der Waals surface area (Å²) in [5.74, 6) is 0. The second kappa shape index (κ2) is 5.41. The van der Waals surface area contributed by atoms with Gasteiger partial charge in [0.05, 0.1) is 10.6 Å². The summed E-state index contributed by atoms with van der Waals surface area (Å²) in [6.45, 7) is 7.34. The predicted molar refractivity (Wildman–Crippen MR) is 87.1 cm³/mol. The van der Waals surface area contributed by atoms with Gasteiger partial charge in [-0.05, 0) is 68.1 Å². The fourth-order valence-corrected chi connectivity index (χ4v) is 3.60. The average Bonchev–Trinajstić information content (AvgIpc) is 2.38. The Morgan fingerprint density at radius 1 is 0.905 bits per heavy atom. The third-order valence-corrected chi connectivity index (χ3v) is 5.00. The van der Waals surface area contributed by atoms with E-state index in [0.29, 0.717) is 16.3 Å². The summed E-state index contributed by atoms with van der Waals surface area (Å²) in [4.78, 5) is 0.302. The van der Waals surface area contributed by atoms with Gasteiger partial charge < -0.3 is 5.73 Å². The first-order valence-corrected chi connectivity index (χ1v) is 8.16. The lowest BCUT2D eigenvalue weighted by Gasteiger charge is -2.14. The molecule has 0 amide bonds. The van der Waals surface area contributed by atoms with E-state index in [1.54, 1.807) is 25.1 Å². The molecule has 0 aliphatic carbocycles. The Labute approximate surface area is 126 Å². The molecule has 0 radical (unpaired) electrons. The number of benzene rings is 2. The SMILES string of the molecule is Cc1ccc(C)c(S(=O)(=O)Nc2cc(C)c(N)cc2C)c1. The molecule has 2 rings (SSSR count). The number of sulfonamides is 1. The van der Waals surface area contributed by atoms with Crippen molar-refractivity contribution in [3.8, 4) is 0 Å². The van der Waals surface area contributed by atoms with Crippen LogP contribution < -0.4 is 10.5 Å². The largest absolute Gasteiger partial charge is 0.399 e. The highest BCUT2D eigenvalue weighted by Gasteiger charge is 2.18. The van der Waals surface area contributed by atoms with Crippen LogP contribution in [0.4, 0.5) is 11.4 Å². The minimum atomic E-state index is -3.61. The first kappa shape index (κ1) is 15.4. The van der Waals surface area contributed by atoms with Gasteiger partial charge in [-0.2, -0.15) is 0 Å². The molecule has 0 aliphatic heterocycles. The van der Waals surface area contributed by atoms with E-state index in [2.05, 4.69) is 4.72 Å². The number of anilines is 2. The van der Waals surface area contributed by atoms with Crippen LogP contribution in [0.15, 0.2) is 35.2 Å². The fraction of sp³-hybridized carbons (Fsp3) is 0.250.